The summed E-state index contributed by atoms with van der Waals surface area (Å²) in [6, 6.07) is 11.8. The molecule has 0 fully saturated rings. The number of aryl methyl sites for hydroxylation is 1. The highest BCUT2D eigenvalue weighted by Crippen LogP contribution is 2.29. The molecule has 2 aromatic rings. The Hall–Kier alpha value is -1.68. The predicted octanol–water partition coefficient (Wildman–Crippen LogP) is 4.48. The zero-order valence-corrected chi connectivity index (χ0v) is 12.6. The van der Waals surface area contributed by atoms with Gasteiger partial charge in [0.2, 0.25) is 0 Å². The van der Waals surface area contributed by atoms with E-state index in [0.717, 1.165) is 15.8 Å². The molecule has 4 heteroatoms. The maximum Gasteiger partial charge on any atom is 0.144 e. The molecule has 0 aliphatic rings. The molecule has 2 aromatic carbocycles. The number of benzene rings is 2. The molecule has 0 radical (unpaired) electrons. The first kappa shape index (κ1) is 13.7. The quantitative estimate of drug-likeness (QED) is 0.816. The van der Waals surface area contributed by atoms with Crippen molar-refractivity contribution in [1.82, 2.24) is 0 Å². The third kappa shape index (κ3) is 3.41. The number of halogens is 1. The van der Waals surface area contributed by atoms with Crippen molar-refractivity contribution in [1.29, 1.82) is 0 Å². The van der Waals surface area contributed by atoms with Gasteiger partial charge in [-0.1, -0.05) is 22.0 Å². The van der Waals surface area contributed by atoms with Gasteiger partial charge in [-0.3, -0.25) is 0 Å². The van der Waals surface area contributed by atoms with Gasteiger partial charge in [0.1, 0.15) is 5.75 Å². The summed E-state index contributed by atoms with van der Waals surface area (Å²) in [5.74, 6) is 0.708. The van der Waals surface area contributed by atoms with Crippen LogP contribution < -0.4 is 15.8 Å². The molecule has 0 heterocycles. The predicted molar refractivity (Wildman–Crippen MR) is 84.2 cm³/mol. The summed E-state index contributed by atoms with van der Waals surface area (Å²) in [6.07, 6.45) is 0. The van der Waals surface area contributed by atoms with Crippen molar-refractivity contribution < 1.29 is 4.74 Å². The van der Waals surface area contributed by atoms with Gasteiger partial charge in [0.25, 0.3) is 0 Å². The lowest BCUT2D eigenvalue weighted by Crippen LogP contribution is -1.99. The lowest BCUT2D eigenvalue weighted by molar-refractivity contribution is 0.342. The third-order valence-electron chi connectivity index (χ3n) is 2.79. The minimum absolute atomic E-state index is 0.601. The van der Waals surface area contributed by atoms with Crippen molar-refractivity contribution in [2.75, 3.05) is 17.7 Å². The molecule has 0 atom stereocenters. The van der Waals surface area contributed by atoms with Crippen molar-refractivity contribution in [3.63, 3.8) is 0 Å². The monoisotopic (exact) mass is 320 g/mol. The van der Waals surface area contributed by atoms with Crippen LogP contribution >= 0.6 is 15.9 Å². The molecule has 100 valence electrons. The van der Waals surface area contributed by atoms with Crippen LogP contribution in [0, 0.1) is 6.92 Å². The lowest BCUT2D eigenvalue weighted by Gasteiger charge is -2.13. The van der Waals surface area contributed by atoms with Crippen LogP contribution in [-0.4, -0.2) is 6.61 Å². The Morgan fingerprint density at radius 3 is 2.74 bits per heavy atom. The molecule has 0 amide bonds. The van der Waals surface area contributed by atoms with E-state index in [2.05, 4.69) is 34.2 Å². The van der Waals surface area contributed by atoms with Gasteiger partial charge in [0, 0.05) is 21.9 Å². The highest BCUT2D eigenvalue weighted by molar-refractivity contribution is 9.10. The Labute approximate surface area is 121 Å². The minimum atomic E-state index is 0.601. The average Bonchev–Trinajstić information content (AvgIpc) is 2.38. The molecule has 0 aromatic heterocycles. The van der Waals surface area contributed by atoms with Gasteiger partial charge < -0.3 is 15.8 Å². The Morgan fingerprint density at radius 2 is 2.00 bits per heavy atom. The second-order valence-electron chi connectivity index (χ2n) is 4.27. The molecular formula is C15H17BrN2O. The fourth-order valence-corrected chi connectivity index (χ4v) is 2.14. The van der Waals surface area contributed by atoms with Crippen molar-refractivity contribution in [2.24, 2.45) is 0 Å². The van der Waals surface area contributed by atoms with E-state index < -0.39 is 0 Å². The number of rotatable bonds is 4. The van der Waals surface area contributed by atoms with Gasteiger partial charge in [-0.25, -0.2) is 0 Å². The zero-order chi connectivity index (χ0) is 13.8. The van der Waals surface area contributed by atoms with Gasteiger partial charge in [0.05, 0.1) is 12.3 Å². The number of hydrogen-bond donors (Lipinski definition) is 2. The van der Waals surface area contributed by atoms with Crippen LogP contribution in [0.3, 0.4) is 0 Å². The Kier molecular flexibility index (Phi) is 4.32. The first-order valence-corrected chi connectivity index (χ1v) is 6.95. The highest BCUT2D eigenvalue weighted by Gasteiger charge is 2.04. The van der Waals surface area contributed by atoms with E-state index in [1.807, 2.05) is 37.3 Å². The molecule has 0 saturated carbocycles. The smallest absolute Gasteiger partial charge is 0.144 e. The van der Waals surface area contributed by atoms with E-state index >= 15 is 0 Å². The lowest BCUT2D eigenvalue weighted by atomic mass is 10.2. The summed E-state index contributed by atoms with van der Waals surface area (Å²) < 4.78 is 6.54. The van der Waals surface area contributed by atoms with Crippen LogP contribution in [0.1, 0.15) is 12.5 Å². The molecule has 0 aliphatic heterocycles. The van der Waals surface area contributed by atoms with Gasteiger partial charge in [-0.15, -0.1) is 0 Å². The van der Waals surface area contributed by atoms with Crippen molar-refractivity contribution in [2.45, 2.75) is 13.8 Å². The van der Waals surface area contributed by atoms with E-state index in [4.69, 9.17) is 10.5 Å². The average molecular weight is 321 g/mol. The van der Waals surface area contributed by atoms with E-state index in [-0.39, 0.29) is 0 Å². The molecule has 3 nitrogen and oxygen atoms in total. The number of anilines is 3. The molecule has 2 rings (SSSR count). The van der Waals surface area contributed by atoms with Crippen LogP contribution in [0.15, 0.2) is 40.9 Å². The summed E-state index contributed by atoms with van der Waals surface area (Å²) in [5, 5.41) is 3.37. The van der Waals surface area contributed by atoms with E-state index in [9.17, 15) is 0 Å². The largest absolute Gasteiger partial charge is 0.492 e. The summed E-state index contributed by atoms with van der Waals surface area (Å²) in [5.41, 5.74) is 9.71. The number of ether oxygens (including phenoxy) is 1. The molecular weight excluding hydrogens is 304 g/mol. The van der Waals surface area contributed by atoms with E-state index in [0.29, 0.717) is 18.0 Å². The van der Waals surface area contributed by atoms with E-state index in [1.54, 1.807) is 0 Å². The summed E-state index contributed by atoms with van der Waals surface area (Å²) in [7, 11) is 0. The maximum atomic E-state index is 5.86. The second kappa shape index (κ2) is 5.97. The van der Waals surface area contributed by atoms with Gasteiger partial charge >= 0.3 is 0 Å². The van der Waals surface area contributed by atoms with Crippen LogP contribution in [-0.2, 0) is 0 Å². The van der Waals surface area contributed by atoms with Crippen LogP contribution in [0.4, 0.5) is 17.1 Å². The van der Waals surface area contributed by atoms with Crippen LogP contribution in [0.5, 0.6) is 5.75 Å². The standard InChI is InChI=1S/C15H17BrN2O/c1-3-19-15-9-12(6-7-13(15)17)18-14-8-11(16)5-4-10(14)2/h4-9,18H,3,17H2,1-2H3. The molecule has 0 aliphatic carbocycles. The normalized spacial score (nSPS) is 10.3. The third-order valence-corrected chi connectivity index (χ3v) is 3.29. The topological polar surface area (TPSA) is 47.3 Å². The highest BCUT2D eigenvalue weighted by atomic mass is 79.9. The van der Waals surface area contributed by atoms with Crippen molar-refractivity contribution >= 4 is 33.0 Å². The number of nitrogen functional groups attached to an aromatic ring is 1. The Bertz CT molecular complexity index is 584. The Morgan fingerprint density at radius 1 is 1.21 bits per heavy atom. The maximum absolute atomic E-state index is 5.86. The summed E-state index contributed by atoms with van der Waals surface area (Å²) in [4.78, 5) is 0. The van der Waals surface area contributed by atoms with Gasteiger partial charge in [-0.05, 0) is 43.7 Å². The molecule has 0 saturated heterocycles. The Balaban J connectivity index is 2.28. The molecule has 0 bridgehead atoms. The van der Waals surface area contributed by atoms with Crippen LogP contribution in [0.2, 0.25) is 0 Å². The first-order chi connectivity index (χ1) is 9.10. The number of nitrogens with one attached hydrogen (secondary N) is 1. The molecule has 19 heavy (non-hydrogen) atoms. The zero-order valence-electron chi connectivity index (χ0n) is 11.0. The fourth-order valence-electron chi connectivity index (χ4n) is 1.78. The van der Waals surface area contributed by atoms with E-state index in [1.165, 1.54) is 5.56 Å². The minimum Gasteiger partial charge on any atom is -0.492 e. The molecule has 0 spiro atoms. The second-order valence-corrected chi connectivity index (χ2v) is 5.19. The van der Waals surface area contributed by atoms with Crippen molar-refractivity contribution in [3.8, 4) is 5.75 Å². The van der Waals surface area contributed by atoms with Gasteiger partial charge in [0.15, 0.2) is 0 Å². The summed E-state index contributed by atoms with van der Waals surface area (Å²) >= 11 is 3.48. The first-order valence-electron chi connectivity index (χ1n) is 6.15. The number of nitrogens with two attached hydrogens (primary N) is 1. The van der Waals surface area contributed by atoms with Gasteiger partial charge in [-0.2, -0.15) is 0 Å². The number of hydrogen-bond acceptors (Lipinski definition) is 3. The van der Waals surface area contributed by atoms with Crippen LogP contribution in [0.25, 0.3) is 0 Å². The molecule has 3 N–H and O–H groups in total. The van der Waals surface area contributed by atoms with Crippen molar-refractivity contribution in [3.05, 3.63) is 46.4 Å². The SMILES string of the molecule is CCOc1cc(Nc2cc(Br)ccc2C)ccc1N. The fraction of sp³-hybridized carbons (Fsp3) is 0.200. The summed E-state index contributed by atoms with van der Waals surface area (Å²) in [6.45, 7) is 4.61. The molecule has 0 unspecified atom stereocenters.